The second kappa shape index (κ2) is 12.0. The molecule has 1 saturated heterocycles. The van der Waals surface area contributed by atoms with E-state index in [2.05, 4.69) is 34.7 Å². The number of nitrogens with zero attached hydrogens (tertiary/aromatic N) is 2. The molecule has 2 N–H and O–H groups in total. The quantitative estimate of drug-likeness (QED) is 0.367. The summed E-state index contributed by atoms with van der Waals surface area (Å²) in [5.74, 6) is 1.63. The number of benzene rings is 1. The highest BCUT2D eigenvalue weighted by atomic mass is 127. The molecule has 0 saturated carbocycles. The second-order valence-corrected chi connectivity index (χ2v) is 7.00. The van der Waals surface area contributed by atoms with E-state index in [1.165, 1.54) is 12.0 Å². The predicted molar refractivity (Wildman–Crippen MR) is 121 cm³/mol. The molecule has 0 spiro atoms. The molecule has 0 atom stereocenters. The van der Waals surface area contributed by atoms with Crippen molar-refractivity contribution >= 4 is 35.8 Å². The molecular weight excluding hydrogens is 455 g/mol. The van der Waals surface area contributed by atoms with E-state index in [-0.39, 0.29) is 42.5 Å². The Hall–Kier alpha value is -1.51. The van der Waals surface area contributed by atoms with Gasteiger partial charge in [0.1, 0.15) is 5.75 Å². The normalized spacial score (nSPS) is 14.6. The van der Waals surface area contributed by atoms with E-state index in [1.807, 2.05) is 24.8 Å². The highest BCUT2D eigenvalue weighted by Gasteiger charge is 2.16. The third-order valence-corrected chi connectivity index (χ3v) is 4.37. The van der Waals surface area contributed by atoms with Gasteiger partial charge in [-0.2, -0.15) is 0 Å². The van der Waals surface area contributed by atoms with Crippen molar-refractivity contribution in [2.45, 2.75) is 52.7 Å². The van der Waals surface area contributed by atoms with Crippen molar-refractivity contribution in [1.82, 2.24) is 15.5 Å². The Morgan fingerprint density at radius 2 is 1.93 bits per heavy atom. The molecule has 0 aliphatic carbocycles. The van der Waals surface area contributed by atoms with Gasteiger partial charge in [-0.3, -0.25) is 9.79 Å². The molecule has 152 valence electrons. The molecule has 1 aromatic rings. The zero-order valence-electron chi connectivity index (χ0n) is 16.9. The van der Waals surface area contributed by atoms with Crippen molar-refractivity contribution in [2.24, 2.45) is 4.99 Å². The fourth-order valence-corrected chi connectivity index (χ4v) is 2.99. The number of nitrogens with one attached hydrogen (secondary N) is 2. The van der Waals surface area contributed by atoms with Gasteiger partial charge in [0.05, 0.1) is 12.6 Å². The zero-order valence-corrected chi connectivity index (χ0v) is 19.2. The summed E-state index contributed by atoms with van der Waals surface area (Å²) in [6.07, 6.45) is 3.54. The highest BCUT2D eigenvalue weighted by Crippen LogP contribution is 2.21. The number of hydrogen-bond acceptors (Lipinski definition) is 3. The molecule has 1 heterocycles. The van der Waals surface area contributed by atoms with Crippen molar-refractivity contribution in [2.75, 3.05) is 26.7 Å². The molecule has 0 unspecified atom stereocenters. The van der Waals surface area contributed by atoms with Crippen molar-refractivity contribution in [1.29, 1.82) is 0 Å². The number of carbonyl (C=O) groups excluding carboxylic acids is 1. The number of likely N-dealkylation sites (tertiary alicyclic amines) is 1. The Balaban J connectivity index is 0.00000364. The summed E-state index contributed by atoms with van der Waals surface area (Å²) in [6, 6.07) is 6.18. The lowest BCUT2D eigenvalue weighted by molar-refractivity contribution is -0.130. The van der Waals surface area contributed by atoms with Crippen LogP contribution >= 0.6 is 24.0 Å². The van der Waals surface area contributed by atoms with Crippen LogP contribution in [0.4, 0.5) is 0 Å². The first-order valence-corrected chi connectivity index (χ1v) is 9.48. The lowest BCUT2D eigenvalue weighted by Gasteiger charge is -2.27. The van der Waals surface area contributed by atoms with Crippen LogP contribution in [0.1, 0.15) is 44.2 Å². The molecule has 1 aliphatic rings. The summed E-state index contributed by atoms with van der Waals surface area (Å²) in [5, 5.41) is 6.38. The van der Waals surface area contributed by atoms with Gasteiger partial charge in [-0.05, 0) is 51.7 Å². The fraction of sp³-hybridized carbons (Fsp3) is 0.600. The minimum atomic E-state index is 0. The molecule has 0 aromatic heterocycles. The number of ether oxygens (including phenoxy) is 1. The molecule has 0 bridgehead atoms. The summed E-state index contributed by atoms with van der Waals surface area (Å²) < 4.78 is 5.91. The number of guanidine groups is 1. The monoisotopic (exact) mass is 488 g/mol. The Bertz CT molecular complexity index is 628. The van der Waals surface area contributed by atoms with E-state index in [9.17, 15) is 4.79 Å². The molecular formula is C20H33IN4O2. The van der Waals surface area contributed by atoms with Gasteiger partial charge in [-0.25, -0.2) is 0 Å². The van der Waals surface area contributed by atoms with Crippen LogP contribution in [0.5, 0.6) is 5.75 Å². The molecule has 6 nitrogen and oxygen atoms in total. The van der Waals surface area contributed by atoms with Gasteiger partial charge in [0.15, 0.2) is 5.96 Å². The second-order valence-electron chi connectivity index (χ2n) is 7.00. The minimum Gasteiger partial charge on any atom is -0.491 e. The average Bonchev–Trinajstić information content (AvgIpc) is 2.63. The topological polar surface area (TPSA) is 66.0 Å². The maximum absolute atomic E-state index is 12.3. The number of aliphatic imine (C=N–C) groups is 1. The number of hydrogen-bond donors (Lipinski definition) is 2. The molecule has 27 heavy (non-hydrogen) atoms. The van der Waals surface area contributed by atoms with E-state index in [4.69, 9.17) is 4.74 Å². The summed E-state index contributed by atoms with van der Waals surface area (Å²) in [6.45, 7) is 8.68. The van der Waals surface area contributed by atoms with Gasteiger partial charge in [0, 0.05) is 32.2 Å². The van der Waals surface area contributed by atoms with Crippen molar-refractivity contribution in [3.05, 3.63) is 29.3 Å². The number of piperidine rings is 1. The maximum Gasteiger partial charge on any atom is 0.241 e. The van der Waals surface area contributed by atoms with Crippen LogP contribution in [0.3, 0.4) is 0 Å². The van der Waals surface area contributed by atoms with Crippen LogP contribution in [0.2, 0.25) is 0 Å². The van der Waals surface area contributed by atoms with E-state index in [1.54, 1.807) is 7.05 Å². The lowest BCUT2D eigenvalue weighted by Crippen LogP contribution is -2.45. The Morgan fingerprint density at radius 3 is 2.56 bits per heavy atom. The summed E-state index contributed by atoms with van der Waals surface area (Å²) in [4.78, 5) is 18.4. The minimum absolute atomic E-state index is 0. The number of carbonyl (C=O) groups is 1. The van der Waals surface area contributed by atoms with Crippen molar-refractivity contribution < 1.29 is 9.53 Å². The predicted octanol–water partition coefficient (Wildman–Crippen LogP) is 3.08. The molecule has 1 aromatic carbocycles. The molecule has 1 aliphatic heterocycles. The first-order chi connectivity index (χ1) is 12.5. The van der Waals surface area contributed by atoms with Gasteiger partial charge in [-0.15, -0.1) is 24.0 Å². The van der Waals surface area contributed by atoms with Crippen LogP contribution in [-0.2, 0) is 11.3 Å². The lowest BCUT2D eigenvalue weighted by atomic mass is 10.1. The smallest absolute Gasteiger partial charge is 0.241 e. The van der Waals surface area contributed by atoms with Crippen LogP contribution in [0.15, 0.2) is 23.2 Å². The fourth-order valence-electron chi connectivity index (χ4n) is 2.99. The highest BCUT2D eigenvalue weighted by molar-refractivity contribution is 14.0. The molecule has 7 heteroatoms. The van der Waals surface area contributed by atoms with Crippen molar-refractivity contribution in [3.8, 4) is 5.75 Å². The van der Waals surface area contributed by atoms with Gasteiger partial charge >= 0.3 is 0 Å². The molecule has 0 radical (unpaired) electrons. The van der Waals surface area contributed by atoms with Crippen molar-refractivity contribution in [3.63, 3.8) is 0 Å². The molecule has 1 fully saturated rings. The van der Waals surface area contributed by atoms with Crippen LogP contribution in [-0.4, -0.2) is 49.6 Å². The van der Waals surface area contributed by atoms with Gasteiger partial charge in [0.25, 0.3) is 0 Å². The third-order valence-electron chi connectivity index (χ3n) is 4.37. The van der Waals surface area contributed by atoms with Gasteiger partial charge < -0.3 is 20.3 Å². The molecule has 1 amide bonds. The van der Waals surface area contributed by atoms with E-state index >= 15 is 0 Å². The van der Waals surface area contributed by atoms with Crippen LogP contribution < -0.4 is 15.4 Å². The van der Waals surface area contributed by atoms with Crippen LogP contribution in [0.25, 0.3) is 0 Å². The van der Waals surface area contributed by atoms with E-state index in [0.717, 1.165) is 37.2 Å². The summed E-state index contributed by atoms with van der Waals surface area (Å²) in [5.41, 5.74) is 2.23. The number of halogens is 1. The zero-order chi connectivity index (χ0) is 18.9. The van der Waals surface area contributed by atoms with Gasteiger partial charge in [-0.1, -0.05) is 12.1 Å². The standard InChI is InChI=1S/C20H32N4O2.HI/c1-15(2)26-18-12-16(3)8-9-17(18)13-22-20(21-4)23-14-19(25)24-10-6-5-7-11-24;/h8-9,12,15H,5-7,10-11,13-14H2,1-4H3,(H2,21,22,23);1H. The third kappa shape index (κ3) is 7.94. The number of rotatable bonds is 6. The van der Waals surface area contributed by atoms with Crippen LogP contribution in [0, 0.1) is 6.92 Å². The Morgan fingerprint density at radius 1 is 1.22 bits per heavy atom. The maximum atomic E-state index is 12.3. The first-order valence-electron chi connectivity index (χ1n) is 9.48. The Labute approximate surface area is 180 Å². The Kier molecular flexibility index (Phi) is 10.5. The summed E-state index contributed by atoms with van der Waals surface area (Å²) >= 11 is 0. The van der Waals surface area contributed by atoms with E-state index in [0.29, 0.717) is 12.5 Å². The average molecular weight is 488 g/mol. The number of amides is 1. The largest absolute Gasteiger partial charge is 0.491 e. The van der Waals surface area contributed by atoms with E-state index < -0.39 is 0 Å². The molecule has 2 rings (SSSR count). The first kappa shape index (κ1) is 23.5. The summed E-state index contributed by atoms with van der Waals surface area (Å²) in [7, 11) is 1.71. The van der Waals surface area contributed by atoms with Gasteiger partial charge in [0.2, 0.25) is 5.91 Å². The number of aryl methyl sites for hydroxylation is 1. The SMILES string of the molecule is CN=C(NCC(=O)N1CCCCC1)NCc1ccc(C)cc1OC(C)C.I.